The van der Waals surface area contributed by atoms with Gasteiger partial charge in [0.1, 0.15) is 17.1 Å². The first-order valence-electron chi connectivity index (χ1n) is 7.68. The van der Waals surface area contributed by atoms with Crippen molar-refractivity contribution in [1.82, 2.24) is 0 Å². The molecule has 0 unspecified atom stereocenters. The maximum absolute atomic E-state index is 13.0. The van der Waals surface area contributed by atoms with Crippen molar-refractivity contribution < 1.29 is 19.4 Å². The van der Waals surface area contributed by atoms with Crippen LogP contribution in [0.25, 0.3) is 11.1 Å². The van der Waals surface area contributed by atoms with Crippen LogP contribution in [-0.4, -0.2) is 16.2 Å². The normalized spacial score (nSPS) is 10.4. The molecule has 126 valence electrons. The zero-order valence-corrected chi connectivity index (χ0v) is 13.2. The molecular formula is C20H16FNO3. The highest BCUT2D eigenvalue weighted by Gasteiger charge is 2.10. The molecule has 5 heteroatoms. The molecule has 0 atom stereocenters. The maximum atomic E-state index is 13.0. The van der Waals surface area contributed by atoms with Gasteiger partial charge in [0.2, 0.25) is 0 Å². The molecule has 0 spiro atoms. The maximum Gasteiger partial charge on any atom is 0.339 e. The van der Waals surface area contributed by atoms with E-state index in [1.54, 1.807) is 18.2 Å². The molecular weight excluding hydrogens is 321 g/mol. The number of halogens is 1. The Morgan fingerprint density at radius 3 is 2.12 bits per heavy atom. The van der Waals surface area contributed by atoms with Gasteiger partial charge in [-0.3, -0.25) is 0 Å². The molecule has 25 heavy (non-hydrogen) atoms. The van der Waals surface area contributed by atoms with E-state index in [4.69, 9.17) is 5.11 Å². The number of aromatic hydroxyl groups is 1. The zero-order chi connectivity index (χ0) is 17.8. The van der Waals surface area contributed by atoms with Crippen molar-refractivity contribution in [3.63, 3.8) is 0 Å². The Hall–Kier alpha value is -3.34. The van der Waals surface area contributed by atoms with E-state index < -0.39 is 5.97 Å². The Labute approximate surface area is 144 Å². The van der Waals surface area contributed by atoms with Crippen molar-refractivity contribution in [3.8, 4) is 16.9 Å². The lowest BCUT2D eigenvalue weighted by Gasteiger charge is -2.09. The van der Waals surface area contributed by atoms with Crippen molar-refractivity contribution in [2.24, 2.45) is 0 Å². The Balaban J connectivity index is 1.69. The summed E-state index contributed by atoms with van der Waals surface area (Å²) in [4.78, 5) is 11.0. The van der Waals surface area contributed by atoms with Gasteiger partial charge in [0.05, 0.1) is 0 Å². The van der Waals surface area contributed by atoms with E-state index in [0.717, 1.165) is 22.4 Å². The number of nitrogens with one attached hydrogen (secondary N) is 1. The lowest BCUT2D eigenvalue weighted by Crippen LogP contribution is -2.02. The molecule has 0 radical (unpaired) electrons. The standard InChI is InChI=1S/C20H16FNO3/c21-16-6-2-14(3-7-16)15-4-8-17(9-5-15)22-12-13-1-10-19(23)18(11-13)20(24)25/h1-11,22-23H,12H2,(H,24,25). The van der Waals surface area contributed by atoms with Gasteiger partial charge >= 0.3 is 5.97 Å². The van der Waals surface area contributed by atoms with E-state index in [-0.39, 0.29) is 17.1 Å². The van der Waals surface area contributed by atoms with Crippen LogP contribution in [-0.2, 0) is 6.54 Å². The Bertz CT molecular complexity index is 890. The number of carbonyl (C=O) groups is 1. The van der Waals surface area contributed by atoms with Gasteiger partial charge in [-0.2, -0.15) is 0 Å². The summed E-state index contributed by atoms with van der Waals surface area (Å²) in [5, 5.41) is 21.7. The van der Waals surface area contributed by atoms with Crippen LogP contribution in [0.4, 0.5) is 10.1 Å². The van der Waals surface area contributed by atoms with E-state index in [0.29, 0.717) is 6.54 Å². The zero-order valence-electron chi connectivity index (χ0n) is 13.2. The van der Waals surface area contributed by atoms with Crippen molar-refractivity contribution in [1.29, 1.82) is 0 Å². The monoisotopic (exact) mass is 337 g/mol. The van der Waals surface area contributed by atoms with E-state index in [1.807, 2.05) is 24.3 Å². The molecule has 3 N–H and O–H groups in total. The summed E-state index contributed by atoms with van der Waals surface area (Å²) in [6, 6.07) is 18.4. The van der Waals surface area contributed by atoms with Gasteiger partial charge in [0.25, 0.3) is 0 Å². The summed E-state index contributed by atoms with van der Waals surface area (Å²) in [6.45, 7) is 0.427. The van der Waals surface area contributed by atoms with Crippen LogP contribution in [0, 0.1) is 5.82 Å². The molecule has 0 aliphatic rings. The minimum absolute atomic E-state index is 0.119. The quantitative estimate of drug-likeness (QED) is 0.641. The number of carboxylic acid groups (broad SMARTS) is 1. The van der Waals surface area contributed by atoms with Crippen LogP contribution in [0.15, 0.2) is 66.7 Å². The molecule has 0 aliphatic carbocycles. The first kappa shape index (κ1) is 16.5. The first-order valence-corrected chi connectivity index (χ1v) is 7.68. The van der Waals surface area contributed by atoms with Gasteiger partial charge in [-0.1, -0.05) is 30.3 Å². The molecule has 0 saturated heterocycles. The minimum atomic E-state index is -1.16. The number of aromatic carboxylic acids is 1. The van der Waals surface area contributed by atoms with Crippen LogP contribution in [0.1, 0.15) is 15.9 Å². The largest absolute Gasteiger partial charge is 0.507 e. The molecule has 3 aromatic carbocycles. The summed E-state index contributed by atoms with van der Waals surface area (Å²) in [5.74, 6) is -1.68. The molecule has 0 fully saturated rings. The molecule has 0 bridgehead atoms. The number of anilines is 1. The molecule has 0 amide bonds. The predicted octanol–water partition coefficient (Wildman–Crippen LogP) is 4.51. The number of hydrogen-bond acceptors (Lipinski definition) is 3. The van der Waals surface area contributed by atoms with E-state index in [9.17, 15) is 14.3 Å². The molecule has 0 heterocycles. The summed E-state index contributed by atoms with van der Waals surface area (Å²) in [6.07, 6.45) is 0. The van der Waals surface area contributed by atoms with Crippen LogP contribution in [0.3, 0.4) is 0 Å². The fourth-order valence-corrected chi connectivity index (χ4v) is 2.49. The fourth-order valence-electron chi connectivity index (χ4n) is 2.49. The number of carboxylic acids is 1. The molecule has 0 aromatic heterocycles. The second-order valence-corrected chi connectivity index (χ2v) is 5.59. The summed E-state index contributed by atoms with van der Waals surface area (Å²) < 4.78 is 13.0. The van der Waals surface area contributed by atoms with Gasteiger partial charge < -0.3 is 15.5 Å². The van der Waals surface area contributed by atoms with E-state index >= 15 is 0 Å². The van der Waals surface area contributed by atoms with Crippen LogP contribution < -0.4 is 5.32 Å². The number of phenols is 1. The van der Waals surface area contributed by atoms with Gasteiger partial charge in [0, 0.05) is 12.2 Å². The second kappa shape index (κ2) is 7.05. The van der Waals surface area contributed by atoms with Gasteiger partial charge in [0.15, 0.2) is 0 Å². The van der Waals surface area contributed by atoms with Gasteiger partial charge in [-0.05, 0) is 53.1 Å². The lowest BCUT2D eigenvalue weighted by molar-refractivity contribution is 0.0693. The third kappa shape index (κ3) is 3.95. The molecule has 0 aliphatic heterocycles. The lowest BCUT2D eigenvalue weighted by atomic mass is 10.1. The topological polar surface area (TPSA) is 69.6 Å². The van der Waals surface area contributed by atoms with Crippen LogP contribution in [0.5, 0.6) is 5.75 Å². The summed E-state index contributed by atoms with van der Waals surface area (Å²) in [7, 11) is 0. The highest BCUT2D eigenvalue weighted by atomic mass is 19.1. The third-order valence-electron chi connectivity index (χ3n) is 3.85. The first-order chi connectivity index (χ1) is 12.0. The average Bonchev–Trinajstić information content (AvgIpc) is 2.62. The van der Waals surface area contributed by atoms with E-state index in [2.05, 4.69) is 5.32 Å². The summed E-state index contributed by atoms with van der Waals surface area (Å²) >= 11 is 0. The molecule has 3 aromatic rings. The SMILES string of the molecule is O=C(O)c1cc(CNc2ccc(-c3ccc(F)cc3)cc2)ccc1O. The van der Waals surface area contributed by atoms with Gasteiger partial charge in [-0.25, -0.2) is 9.18 Å². The molecule has 0 saturated carbocycles. The second-order valence-electron chi connectivity index (χ2n) is 5.59. The Morgan fingerprint density at radius 2 is 1.52 bits per heavy atom. The molecule has 3 rings (SSSR count). The average molecular weight is 337 g/mol. The Morgan fingerprint density at radius 1 is 0.920 bits per heavy atom. The summed E-state index contributed by atoms with van der Waals surface area (Å²) in [5.41, 5.74) is 3.40. The third-order valence-corrected chi connectivity index (χ3v) is 3.85. The van der Waals surface area contributed by atoms with Crippen LogP contribution >= 0.6 is 0 Å². The number of hydrogen-bond donors (Lipinski definition) is 3. The van der Waals surface area contributed by atoms with Gasteiger partial charge in [-0.15, -0.1) is 0 Å². The van der Waals surface area contributed by atoms with Crippen molar-refractivity contribution in [2.45, 2.75) is 6.54 Å². The highest BCUT2D eigenvalue weighted by molar-refractivity contribution is 5.90. The van der Waals surface area contributed by atoms with Crippen molar-refractivity contribution in [3.05, 3.63) is 83.7 Å². The predicted molar refractivity (Wildman–Crippen MR) is 94.2 cm³/mol. The van der Waals surface area contributed by atoms with Crippen LogP contribution in [0.2, 0.25) is 0 Å². The van der Waals surface area contributed by atoms with Crippen molar-refractivity contribution in [2.75, 3.05) is 5.32 Å². The highest BCUT2D eigenvalue weighted by Crippen LogP contribution is 2.23. The number of rotatable bonds is 5. The number of benzene rings is 3. The Kier molecular flexibility index (Phi) is 4.66. The molecule has 4 nitrogen and oxygen atoms in total. The van der Waals surface area contributed by atoms with Crippen molar-refractivity contribution >= 4 is 11.7 Å². The minimum Gasteiger partial charge on any atom is -0.507 e. The van der Waals surface area contributed by atoms with E-state index in [1.165, 1.54) is 24.3 Å². The fraction of sp³-hybridized carbons (Fsp3) is 0.0500. The smallest absolute Gasteiger partial charge is 0.339 e.